The molecule has 1 N–H and O–H groups in total. The number of esters is 1. The molecule has 0 fully saturated rings. The maximum atomic E-state index is 11.9. The summed E-state index contributed by atoms with van der Waals surface area (Å²) in [6, 6.07) is 0. The molecule has 1 atom stereocenters. The highest BCUT2D eigenvalue weighted by Gasteiger charge is 2.19. The average Bonchev–Trinajstić information content (AvgIpc) is 2.85. The van der Waals surface area contributed by atoms with E-state index in [4.69, 9.17) is 0 Å². The van der Waals surface area contributed by atoms with Crippen LogP contribution in [0.25, 0.3) is 0 Å². The van der Waals surface area contributed by atoms with Gasteiger partial charge in [-0.3, -0.25) is 9.59 Å². The maximum Gasteiger partial charge on any atom is 0.327 e. The number of tetrazole rings is 1. The van der Waals surface area contributed by atoms with Crippen LogP contribution in [0.2, 0.25) is 0 Å². The van der Waals surface area contributed by atoms with E-state index < -0.39 is 5.97 Å². The summed E-state index contributed by atoms with van der Waals surface area (Å²) < 4.78 is 5.88. The van der Waals surface area contributed by atoms with Gasteiger partial charge in [0.15, 0.2) is 0 Å². The van der Waals surface area contributed by atoms with Gasteiger partial charge in [-0.15, -0.1) is 5.10 Å². The molecule has 1 aromatic heterocycles. The van der Waals surface area contributed by atoms with E-state index in [-0.39, 0.29) is 17.7 Å². The molecule has 0 aliphatic carbocycles. The van der Waals surface area contributed by atoms with Crippen LogP contribution in [0.4, 0.5) is 0 Å². The van der Waals surface area contributed by atoms with Crippen molar-refractivity contribution >= 4 is 23.6 Å². The van der Waals surface area contributed by atoms with Gasteiger partial charge in [0.1, 0.15) is 6.54 Å². The monoisotopic (exact) mass is 315 g/mol. The van der Waals surface area contributed by atoms with Crippen molar-refractivity contribution in [3.8, 4) is 0 Å². The molecule has 0 bridgehead atoms. The van der Waals surface area contributed by atoms with E-state index in [2.05, 4.69) is 39.4 Å². The molecule has 1 unspecified atom stereocenters. The zero-order valence-electron chi connectivity index (χ0n) is 12.7. The molecule has 8 nitrogen and oxygen atoms in total. The van der Waals surface area contributed by atoms with E-state index in [1.54, 1.807) is 6.92 Å². The van der Waals surface area contributed by atoms with Crippen LogP contribution in [-0.4, -0.2) is 51.0 Å². The number of ether oxygens (including phenoxy) is 1. The summed E-state index contributed by atoms with van der Waals surface area (Å²) in [4.78, 5) is 23.2. The SMILES string of the molecule is COC(=O)Cn1nnnc1SC(C)C(=O)NCCC(C)C. The van der Waals surface area contributed by atoms with Gasteiger partial charge in [0.25, 0.3) is 0 Å². The molecule has 0 saturated heterocycles. The predicted molar refractivity (Wildman–Crippen MR) is 77.6 cm³/mol. The first kappa shape index (κ1) is 17.4. The summed E-state index contributed by atoms with van der Waals surface area (Å²) in [5.74, 6) is 0.0204. The van der Waals surface area contributed by atoms with E-state index in [1.807, 2.05) is 0 Å². The van der Waals surface area contributed by atoms with Gasteiger partial charge in [0.05, 0.1) is 12.4 Å². The minimum atomic E-state index is -0.446. The van der Waals surface area contributed by atoms with E-state index >= 15 is 0 Å². The summed E-state index contributed by atoms with van der Waals surface area (Å²) in [5, 5.41) is 14.0. The molecule has 1 rings (SSSR count). The van der Waals surface area contributed by atoms with Crippen molar-refractivity contribution in [2.75, 3.05) is 13.7 Å². The molecule has 0 aliphatic rings. The summed E-state index contributed by atoms with van der Waals surface area (Å²) in [6.45, 7) is 6.55. The van der Waals surface area contributed by atoms with Crippen LogP contribution < -0.4 is 5.32 Å². The third-order valence-corrected chi connectivity index (χ3v) is 3.75. The Hall–Kier alpha value is -1.64. The Morgan fingerprint density at radius 3 is 2.71 bits per heavy atom. The molecular weight excluding hydrogens is 294 g/mol. The minimum absolute atomic E-state index is 0.0757. The number of hydrogen-bond donors (Lipinski definition) is 1. The molecule has 0 spiro atoms. The molecule has 0 aromatic carbocycles. The lowest BCUT2D eigenvalue weighted by molar-refractivity contribution is -0.141. The molecule has 1 heterocycles. The lowest BCUT2D eigenvalue weighted by atomic mass is 10.1. The number of thioether (sulfide) groups is 1. The Morgan fingerprint density at radius 2 is 2.10 bits per heavy atom. The molecule has 9 heteroatoms. The summed E-state index contributed by atoms with van der Waals surface area (Å²) in [5.41, 5.74) is 0. The second-order valence-corrected chi connectivity index (χ2v) is 6.24. The second kappa shape index (κ2) is 8.60. The van der Waals surface area contributed by atoms with Gasteiger partial charge >= 0.3 is 5.97 Å². The van der Waals surface area contributed by atoms with Crippen molar-refractivity contribution in [3.63, 3.8) is 0 Å². The van der Waals surface area contributed by atoms with Gasteiger partial charge in [0, 0.05) is 6.54 Å². The highest BCUT2D eigenvalue weighted by molar-refractivity contribution is 8.00. The van der Waals surface area contributed by atoms with E-state index in [0.29, 0.717) is 17.6 Å². The van der Waals surface area contributed by atoms with Crippen molar-refractivity contribution in [3.05, 3.63) is 0 Å². The van der Waals surface area contributed by atoms with Gasteiger partial charge in [-0.05, 0) is 29.7 Å². The van der Waals surface area contributed by atoms with Crippen LogP contribution in [0.1, 0.15) is 27.2 Å². The largest absolute Gasteiger partial charge is 0.468 e. The average molecular weight is 315 g/mol. The number of nitrogens with zero attached hydrogens (tertiary/aromatic N) is 4. The maximum absolute atomic E-state index is 11.9. The van der Waals surface area contributed by atoms with Gasteiger partial charge in [-0.2, -0.15) is 0 Å². The van der Waals surface area contributed by atoms with Crippen LogP contribution in [0, 0.1) is 5.92 Å². The quantitative estimate of drug-likeness (QED) is 0.550. The number of hydrogen-bond acceptors (Lipinski definition) is 7. The normalized spacial score (nSPS) is 12.2. The first-order valence-corrected chi connectivity index (χ1v) is 7.59. The number of methoxy groups -OCH3 is 1. The summed E-state index contributed by atoms with van der Waals surface area (Å²) in [7, 11) is 1.30. The number of carbonyl (C=O) groups excluding carboxylic acids is 2. The summed E-state index contributed by atoms with van der Waals surface area (Å²) in [6.07, 6.45) is 0.934. The first-order chi connectivity index (χ1) is 9.93. The molecule has 118 valence electrons. The minimum Gasteiger partial charge on any atom is -0.468 e. The highest BCUT2D eigenvalue weighted by Crippen LogP contribution is 2.20. The van der Waals surface area contributed by atoms with Gasteiger partial charge in [0.2, 0.25) is 11.1 Å². The lowest BCUT2D eigenvalue weighted by Gasteiger charge is -2.12. The first-order valence-electron chi connectivity index (χ1n) is 6.71. The number of carbonyl (C=O) groups is 2. The number of amides is 1. The number of nitrogens with one attached hydrogen (secondary N) is 1. The number of rotatable bonds is 8. The molecule has 0 aliphatic heterocycles. The van der Waals surface area contributed by atoms with Crippen LogP contribution in [0.5, 0.6) is 0 Å². The van der Waals surface area contributed by atoms with Crippen LogP contribution >= 0.6 is 11.8 Å². The third kappa shape index (κ3) is 6.11. The fourth-order valence-electron chi connectivity index (χ4n) is 1.41. The van der Waals surface area contributed by atoms with E-state index in [0.717, 1.165) is 6.42 Å². The smallest absolute Gasteiger partial charge is 0.327 e. The lowest BCUT2D eigenvalue weighted by Crippen LogP contribution is -2.32. The number of aromatic nitrogens is 4. The van der Waals surface area contributed by atoms with Crippen LogP contribution in [-0.2, 0) is 20.9 Å². The molecule has 0 saturated carbocycles. The van der Waals surface area contributed by atoms with E-state index in [1.165, 1.54) is 23.6 Å². The van der Waals surface area contributed by atoms with Gasteiger partial charge in [-0.25, -0.2) is 4.68 Å². The predicted octanol–water partition coefficient (Wildman–Crippen LogP) is 0.489. The van der Waals surface area contributed by atoms with Crippen LogP contribution in [0.15, 0.2) is 5.16 Å². The molecule has 1 aromatic rings. The second-order valence-electron chi connectivity index (χ2n) is 4.93. The van der Waals surface area contributed by atoms with E-state index in [9.17, 15) is 9.59 Å². The Morgan fingerprint density at radius 1 is 1.38 bits per heavy atom. The fourth-order valence-corrected chi connectivity index (χ4v) is 2.22. The zero-order valence-corrected chi connectivity index (χ0v) is 13.5. The van der Waals surface area contributed by atoms with Crippen LogP contribution in [0.3, 0.4) is 0 Å². The van der Waals surface area contributed by atoms with Gasteiger partial charge in [-0.1, -0.05) is 25.6 Å². The topological polar surface area (TPSA) is 99.0 Å². The van der Waals surface area contributed by atoms with Crippen molar-refractivity contribution in [2.24, 2.45) is 5.92 Å². The Bertz CT molecular complexity index is 477. The third-order valence-electron chi connectivity index (χ3n) is 2.68. The standard InChI is InChI=1S/C12H21N5O3S/c1-8(2)5-6-13-11(19)9(3)21-12-14-15-16-17(12)7-10(18)20-4/h8-9H,5-7H2,1-4H3,(H,13,19). The van der Waals surface area contributed by atoms with Crippen molar-refractivity contribution in [1.82, 2.24) is 25.5 Å². The molecule has 0 radical (unpaired) electrons. The summed E-state index contributed by atoms with van der Waals surface area (Å²) >= 11 is 1.20. The Kier molecular flexibility index (Phi) is 7.13. The zero-order chi connectivity index (χ0) is 15.8. The van der Waals surface area contributed by atoms with Crippen molar-refractivity contribution < 1.29 is 14.3 Å². The van der Waals surface area contributed by atoms with Crippen molar-refractivity contribution in [1.29, 1.82) is 0 Å². The molecular formula is C12H21N5O3S. The molecule has 21 heavy (non-hydrogen) atoms. The van der Waals surface area contributed by atoms with Gasteiger partial charge < -0.3 is 10.1 Å². The Balaban J connectivity index is 2.50. The Labute approximate surface area is 128 Å². The highest BCUT2D eigenvalue weighted by atomic mass is 32.2. The van der Waals surface area contributed by atoms with Crippen molar-refractivity contribution in [2.45, 2.75) is 44.1 Å². The fraction of sp³-hybridized carbons (Fsp3) is 0.750. The molecule has 1 amide bonds.